The second kappa shape index (κ2) is 5.57. The lowest BCUT2D eigenvalue weighted by atomic mass is 9.95. The van der Waals surface area contributed by atoms with E-state index in [9.17, 15) is 13.6 Å². The van der Waals surface area contributed by atoms with E-state index in [1.807, 2.05) is 0 Å². The van der Waals surface area contributed by atoms with Crippen LogP contribution in [0.3, 0.4) is 0 Å². The fourth-order valence-electron chi connectivity index (χ4n) is 2.31. The van der Waals surface area contributed by atoms with Crippen molar-refractivity contribution in [2.24, 2.45) is 11.8 Å². The standard InChI is InChI=1S/C14H16BrF2NO/c1-8(2)9-5-13(19)18(6-9)7-10-12(16)4-3-11(15)14(10)17/h3-4,8-9H,5-7H2,1-2H3. The Labute approximate surface area is 119 Å². The molecule has 0 aliphatic carbocycles. The number of hydrogen-bond donors (Lipinski definition) is 0. The summed E-state index contributed by atoms with van der Waals surface area (Å²) in [6.07, 6.45) is 0.467. The van der Waals surface area contributed by atoms with E-state index in [1.54, 1.807) is 4.90 Å². The molecule has 2 nitrogen and oxygen atoms in total. The molecule has 0 bridgehead atoms. The second-order valence-electron chi connectivity index (χ2n) is 5.30. The molecule has 1 unspecified atom stereocenters. The number of nitrogens with zero attached hydrogens (tertiary/aromatic N) is 1. The van der Waals surface area contributed by atoms with Crippen molar-refractivity contribution in [3.63, 3.8) is 0 Å². The molecule has 1 aromatic rings. The monoisotopic (exact) mass is 331 g/mol. The molecule has 0 saturated carbocycles. The summed E-state index contributed by atoms with van der Waals surface area (Å²) in [4.78, 5) is 13.4. The molecule has 1 saturated heterocycles. The summed E-state index contributed by atoms with van der Waals surface area (Å²) >= 11 is 3.03. The van der Waals surface area contributed by atoms with E-state index in [4.69, 9.17) is 0 Å². The number of amides is 1. The third kappa shape index (κ3) is 2.96. The SMILES string of the molecule is CC(C)C1CC(=O)N(Cc2c(F)ccc(Br)c2F)C1. The average molecular weight is 332 g/mol. The molecule has 1 aromatic carbocycles. The number of rotatable bonds is 3. The van der Waals surface area contributed by atoms with Crippen molar-refractivity contribution in [3.8, 4) is 0 Å². The summed E-state index contributed by atoms with van der Waals surface area (Å²) in [5, 5.41) is 0. The number of carbonyl (C=O) groups excluding carboxylic acids is 1. The molecular weight excluding hydrogens is 316 g/mol. The molecule has 0 N–H and O–H groups in total. The molecule has 0 radical (unpaired) electrons. The van der Waals surface area contributed by atoms with Gasteiger partial charge < -0.3 is 4.90 Å². The lowest BCUT2D eigenvalue weighted by molar-refractivity contribution is -0.128. The third-order valence-corrected chi connectivity index (χ3v) is 4.29. The second-order valence-corrected chi connectivity index (χ2v) is 6.16. The van der Waals surface area contributed by atoms with Crippen LogP contribution >= 0.6 is 15.9 Å². The topological polar surface area (TPSA) is 20.3 Å². The Kier molecular flexibility index (Phi) is 4.23. The summed E-state index contributed by atoms with van der Waals surface area (Å²) in [7, 11) is 0. The minimum atomic E-state index is -0.624. The van der Waals surface area contributed by atoms with Gasteiger partial charge in [-0.2, -0.15) is 0 Å². The van der Waals surface area contributed by atoms with Crippen molar-refractivity contribution < 1.29 is 13.6 Å². The van der Waals surface area contributed by atoms with E-state index >= 15 is 0 Å². The van der Waals surface area contributed by atoms with Crippen molar-refractivity contribution in [1.29, 1.82) is 0 Å². The molecule has 19 heavy (non-hydrogen) atoms. The Morgan fingerprint density at radius 3 is 2.68 bits per heavy atom. The highest BCUT2D eigenvalue weighted by molar-refractivity contribution is 9.10. The minimum absolute atomic E-state index is 0.000833. The van der Waals surface area contributed by atoms with Crippen molar-refractivity contribution in [2.75, 3.05) is 6.54 Å². The van der Waals surface area contributed by atoms with Gasteiger partial charge in [0.1, 0.15) is 11.6 Å². The smallest absolute Gasteiger partial charge is 0.223 e. The fraction of sp³-hybridized carbons (Fsp3) is 0.500. The summed E-state index contributed by atoms with van der Waals surface area (Å²) in [6, 6.07) is 2.54. The zero-order valence-corrected chi connectivity index (χ0v) is 12.5. The molecule has 1 atom stereocenters. The van der Waals surface area contributed by atoms with Crippen LogP contribution in [0.5, 0.6) is 0 Å². The molecule has 5 heteroatoms. The van der Waals surface area contributed by atoms with Gasteiger partial charge in [-0.3, -0.25) is 4.79 Å². The molecule has 1 aliphatic heterocycles. The van der Waals surface area contributed by atoms with Crippen LogP contribution in [0, 0.1) is 23.5 Å². The molecule has 2 rings (SSSR count). The van der Waals surface area contributed by atoms with E-state index in [-0.39, 0.29) is 28.4 Å². The zero-order valence-electron chi connectivity index (χ0n) is 10.9. The normalized spacial score (nSPS) is 19.6. The van der Waals surface area contributed by atoms with Gasteiger partial charge in [0.2, 0.25) is 5.91 Å². The summed E-state index contributed by atoms with van der Waals surface area (Å²) in [6.45, 7) is 4.69. The summed E-state index contributed by atoms with van der Waals surface area (Å²) in [5.41, 5.74) is -0.0490. The lowest BCUT2D eigenvalue weighted by Crippen LogP contribution is -2.26. The molecule has 1 aliphatic rings. The van der Waals surface area contributed by atoms with Gasteiger partial charge in [-0.15, -0.1) is 0 Å². The number of carbonyl (C=O) groups is 1. The fourth-order valence-corrected chi connectivity index (χ4v) is 2.68. The summed E-state index contributed by atoms with van der Waals surface area (Å²) < 4.78 is 27.8. The Morgan fingerprint density at radius 1 is 1.42 bits per heavy atom. The maximum Gasteiger partial charge on any atom is 0.223 e. The molecule has 104 valence electrons. The van der Waals surface area contributed by atoms with E-state index in [0.717, 1.165) is 0 Å². The number of hydrogen-bond acceptors (Lipinski definition) is 1. The van der Waals surface area contributed by atoms with E-state index < -0.39 is 11.6 Å². The molecule has 1 heterocycles. The molecular formula is C14H16BrF2NO. The van der Waals surface area contributed by atoms with Gasteiger partial charge in [-0.05, 0) is 39.9 Å². The van der Waals surface area contributed by atoms with E-state index in [1.165, 1.54) is 12.1 Å². The van der Waals surface area contributed by atoms with Crippen LogP contribution in [0.2, 0.25) is 0 Å². The first-order valence-electron chi connectivity index (χ1n) is 6.30. The highest BCUT2D eigenvalue weighted by Gasteiger charge is 2.32. The Morgan fingerprint density at radius 2 is 2.11 bits per heavy atom. The van der Waals surface area contributed by atoms with Crippen LogP contribution in [-0.2, 0) is 11.3 Å². The van der Waals surface area contributed by atoms with Gasteiger partial charge in [0.25, 0.3) is 0 Å². The quantitative estimate of drug-likeness (QED) is 0.773. The Hall–Kier alpha value is -0.970. The predicted octanol–water partition coefficient (Wildman–Crippen LogP) is 3.73. The van der Waals surface area contributed by atoms with Gasteiger partial charge >= 0.3 is 0 Å². The van der Waals surface area contributed by atoms with Gasteiger partial charge in [0.15, 0.2) is 0 Å². The highest BCUT2D eigenvalue weighted by Crippen LogP contribution is 2.28. The maximum absolute atomic E-state index is 13.9. The molecule has 0 spiro atoms. The zero-order chi connectivity index (χ0) is 14.2. The number of likely N-dealkylation sites (tertiary alicyclic amines) is 1. The summed E-state index contributed by atoms with van der Waals surface area (Å²) in [5.74, 6) is -0.600. The predicted molar refractivity (Wildman–Crippen MR) is 72.4 cm³/mol. The van der Waals surface area contributed by atoms with Crippen LogP contribution in [0.1, 0.15) is 25.8 Å². The first kappa shape index (κ1) is 14.4. The van der Waals surface area contributed by atoms with Gasteiger partial charge in [-0.25, -0.2) is 8.78 Å². The third-order valence-electron chi connectivity index (χ3n) is 3.68. The first-order valence-corrected chi connectivity index (χ1v) is 7.09. The van der Waals surface area contributed by atoms with E-state index in [0.29, 0.717) is 18.9 Å². The maximum atomic E-state index is 13.9. The molecule has 0 aromatic heterocycles. The van der Waals surface area contributed by atoms with E-state index in [2.05, 4.69) is 29.8 Å². The average Bonchev–Trinajstić information content (AvgIpc) is 2.72. The van der Waals surface area contributed by atoms with Gasteiger partial charge in [0.05, 0.1) is 11.0 Å². The van der Waals surface area contributed by atoms with Crippen LogP contribution in [0.15, 0.2) is 16.6 Å². The lowest BCUT2D eigenvalue weighted by Gasteiger charge is -2.19. The van der Waals surface area contributed by atoms with Crippen LogP contribution in [0.4, 0.5) is 8.78 Å². The van der Waals surface area contributed by atoms with Crippen molar-refractivity contribution in [2.45, 2.75) is 26.8 Å². The van der Waals surface area contributed by atoms with Crippen molar-refractivity contribution in [3.05, 3.63) is 33.8 Å². The molecule has 1 fully saturated rings. The largest absolute Gasteiger partial charge is 0.338 e. The highest BCUT2D eigenvalue weighted by atomic mass is 79.9. The van der Waals surface area contributed by atoms with Crippen LogP contribution in [-0.4, -0.2) is 17.4 Å². The van der Waals surface area contributed by atoms with Gasteiger partial charge in [0, 0.05) is 18.5 Å². The van der Waals surface area contributed by atoms with Gasteiger partial charge in [-0.1, -0.05) is 13.8 Å². The minimum Gasteiger partial charge on any atom is -0.338 e. The van der Waals surface area contributed by atoms with Crippen LogP contribution < -0.4 is 0 Å². The first-order chi connectivity index (χ1) is 8.90. The number of benzene rings is 1. The Balaban J connectivity index is 2.19. The molecule has 1 amide bonds. The number of halogens is 3. The van der Waals surface area contributed by atoms with Crippen LogP contribution in [0.25, 0.3) is 0 Å². The van der Waals surface area contributed by atoms with Crippen molar-refractivity contribution >= 4 is 21.8 Å². The Bertz CT molecular complexity index is 504. The van der Waals surface area contributed by atoms with Crippen molar-refractivity contribution in [1.82, 2.24) is 4.90 Å².